The van der Waals surface area contributed by atoms with E-state index >= 15 is 0 Å². The van der Waals surface area contributed by atoms with E-state index in [4.69, 9.17) is 9.68 Å². The van der Waals surface area contributed by atoms with Gasteiger partial charge in [0.25, 0.3) is 0 Å². The molecule has 2 rings (SSSR count). The second-order valence-corrected chi connectivity index (χ2v) is 4.86. The molecule has 18 heavy (non-hydrogen) atoms. The van der Waals surface area contributed by atoms with Crippen LogP contribution in [0.3, 0.4) is 0 Å². The maximum absolute atomic E-state index is 9.13. The van der Waals surface area contributed by atoms with Crippen LogP contribution in [0.2, 0.25) is 0 Å². The molecule has 0 saturated carbocycles. The summed E-state index contributed by atoms with van der Waals surface area (Å²) in [5, 5.41) is 9.13. The molecule has 0 amide bonds. The third-order valence-electron chi connectivity index (χ3n) is 3.20. The highest BCUT2D eigenvalue weighted by Gasteiger charge is 2.15. The summed E-state index contributed by atoms with van der Waals surface area (Å²) in [5.74, 6) is 0.381. The zero-order chi connectivity index (χ0) is 13.1. The molecule has 0 aliphatic carbocycles. The van der Waals surface area contributed by atoms with Gasteiger partial charge in [0.1, 0.15) is 5.52 Å². The van der Waals surface area contributed by atoms with E-state index in [0.717, 1.165) is 16.8 Å². The van der Waals surface area contributed by atoms with Gasteiger partial charge in [-0.15, -0.1) is 0 Å². The van der Waals surface area contributed by atoms with Gasteiger partial charge in [-0.3, -0.25) is 0 Å². The Morgan fingerprint density at radius 2 is 2.22 bits per heavy atom. The van der Waals surface area contributed by atoms with Crippen molar-refractivity contribution in [1.82, 2.24) is 4.98 Å². The molecule has 1 heterocycles. The number of fused-ring (bicyclic) bond motifs is 1. The number of aromatic nitrogens is 1. The van der Waals surface area contributed by atoms with E-state index in [1.807, 2.05) is 25.2 Å². The van der Waals surface area contributed by atoms with Crippen molar-refractivity contribution in [3.63, 3.8) is 0 Å². The summed E-state index contributed by atoms with van der Waals surface area (Å²) < 4.78 is 5.28. The predicted molar refractivity (Wildman–Crippen MR) is 71.2 cm³/mol. The van der Waals surface area contributed by atoms with Crippen LogP contribution in [0.1, 0.15) is 13.8 Å². The maximum atomic E-state index is 9.13. The molecular formula is C14H17N3O. The lowest BCUT2D eigenvalue weighted by atomic mass is 9.97. The van der Waals surface area contributed by atoms with E-state index in [2.05, 4.69) is 29.8 Å². The van der Waals surface area contributed by atoms with Crippen molar-refractivity contribution in [3.05, 3.63) is 24.6 Å². The fourth-order valence-corrected chi connectivity index (χ4v) is 1.88. The maximum Gasteiger partial charge on any atom is 0.181 e. The number of nitriles is 1. The van der Waals surface area contributed by atoms with Crippen LogP contribution in [0.25, 0.3) is 11.1 Å². The number of anilines is 1. The molecule has 0 aliphatic rings. The van der Waals surface area contributed by atoms with Crippen molar-refractivity contribution in [1.29, 1.82) is 5.26 Å². The van der Waals surface area contributed by atoms with Gasteiger partial charge in [0.2, 0.25) is 0 Å². The molecule has 4 heteroatoms. The predicted octanol–water partition coefficient (Wildman–Crippen LogP) is 3.06. The van der Waals surface area contributed by atoms with Gasteiger partial charge >= 0.3 is 0 Å². The van der Waals surface area contributed by atoms with Crippen LogP contribution < -0.4 is 4.90 Å². The third-order valence-corrected chi connectivity index (χ3v) is 3.20. The Hall–Kier alpha value is -2.02. The van der Waals surface area contributed by atoms with Crippen molar-refractivity contribution >= 4 is 16.8 Å². The molecule has 1 atom stereocenters. The molecule has 2 aromatic rings. The van der Waals surface area contributed by atoms with E-state index in [1.165, 1.54) is 6.39 Å². The number of benzene rings is 1. The average Bonchev–Trinajstić information content (AvgIpc) is 2.82. The summed E-state index contributed by atoms with van der Waals surface area (Å²) in [4.78, 5) is 6.17. The minimum Gasteiger partial charge on any atom is -0.443 e. The van der Waals surface area contributed by atoms with Crippen molar-refractivity contribution < 1.29 is 4.42 Å². The van der Waals surface area contributed by atoms with Crippen LogP contribution in [-0.2, 0) is 0 Å². The van der Waals surface area contributed by atoms with Crippen LogP contribution in [0.5, 0.6) is 0 Å². The smallest absolute Gasteiger partial charge is 0.181 e. The fraction of sp³-hybridized carbons (Fsp3) is 0.429. The Balaban J connectivity index is 2.17. The highest BCUT2D eigenvalue weighted by atomic mass is 16.3. The highest BCUT2D eigenvalue weighted by molar-refractivity contribution is 5.77. The number of hydrogen-bond acceptors (Lipinski definition) is 4. The molecule has 0 spiro atoms. The van der Waals surface area contributed by atoms with Crippen molar-refractivity contribution in [2.45, 2.75) is 13.8 Å². The molecule has 1 unspecified atom stereocenters. The van der Waals surface area contributed by atoms with E-state index in [0.29, 0.717) is 12.5 Å². The molecule has 0 radical (unpaired) electrons. The van der Waals surface area contributed by atoms with Crippen LogP contribution in [0.4, 0.5) is 5.69 Å². The summed E-state index contributed by atoms with van der Waals surface area (Å²) >= 11 is 0. The van der Waals surface area contributed by atoms with Crippen LogP contribution >= 0.6 is 0 Å². The van der Waals surface area contributed by atoms with E-state index in [-0.39, 0.29) is 5.92 Å². The molecule has 0 N–H and O–H groups in total. The Bertz CT molecular complexity index is 568. The molecule has 1 aromatic heterocycles. The second-order valence-electron chi connectivity index (χ2n) is 4.86. The Morgan fingerprint density at radius 1 is 1.44 bits per heavy atom. The van der Waals surface area contributed by atoms with Crippen molar-refractivity contribution in [2.75, 3.05) is 18.5 Å². The Kier molecular flexibility index (Phi) is 3.52. The first kappa shape index (κ1) is 12.4. The minimum absolute atomic E-state index is 0.0282. The van der Waals surface area contributed by atoms with E-state index < -0.39 is 0 Å². The lowest BCUT2D eigenvalue weighted by Crippen LogP contribution is -2.27. The van der Waals surface area contributed by atoms with Gasteiger partial charge in [-0.05, 0) is 18.1 Å². The molecule has 0 saturated heterocycles. The quantitative estimate of drug-likeness (QED) is 0.828. The Morgan fingerprint density at radius 3 is 2.89 bits per heavy atom. The minimum atomic E-state index is 0.0282. The summed E-state index contributed by atoms with van der Waals surface area (Å²) in [6.07, 6.45) is 1.45. The Labute approximate surface area is 107 Å². The van der Waals surface area contributed by atoms with Gasteiger partial charge in [-0.1, -0.05) is 13.8 Å². The van der Waals surface area contributed by atoms with Crippen molar-refractivity contribution in [2.24, 2.45) is 11.8 Å². The summed E-state index contributed by atoms with van der Waals surface area (Å²) in [6, 6.07) is 8.24. The number of oxazole rings is 1. The first-order chi connectivity index (χ1) is 8.61. The first-order valence-electron chi connectivity index (χ1n) is 6.06. The highest BCUT2D eigenvalue weighted by Crippen LogP contribution is 2.22. The third kappa shape index (κ3) is 2.45. The summed E-state index contributed by atoms with van der Waals surface area (Å²) in [7, 11) is 1.99. The lowest BCUT2D eigenvalue weighted by Gasteiger charge is -2.23. The van der Waals surface area contributed by atoms with Crippen LogP contribution in [0, 0.1) is 23.2 Å². The van der Waals surface area contributed by atoms with Gasteiger partial charge in [0.05, 0.1) is 12.0 Å². The molecule has 4 nitrogen and oxygen atoms in total. The number of rotatable bonds is 4. The van der Waals surface area contributed by atoms with Gasteiger partial charge < -0.3 is 9.32 Å². The van der Waals surface area contributed by atoms with Gasteiger partial charge in [0, 0.05) is 25.3 Å². The summed E-state index contributed by atoms with van der Waals surface area (Å²) in [5.41, 5.74) is 2.67. The van der Waals surface area contributed by atoms with E-state index in [9.17, 15) is 0 Å². The standard InChI is InChI=1S/C14H17N3O/c1-10(2)11(7-15)8-17(3)12-4-5-13-14(6-12)18-9-16-13/h4-6,9-11H,8H2,1-3H3. The van der Waals surface area contributed by atoms with Gasteiger partial charge in [0.15, 0.2) is 12.0 Å². The molecule has 94 valence electrons. The first-order valence-corrected chi connectivity index (χ1v) is 6.06. The molecular weight excluding hydrogens is 226 g/mol. The number of hydrogen-bond donors (Lipinski definition) is 0. The normalized spacial score (nSPS) is 12.6. The molecule has 0 bridgehead atoms. The zero-order valence-corrected chi connectivity index (χ0v) is 10.9. The molecule has 0 aliphatic heterocycles. The average molecular weight is 243 g/mol. The monoisotopic (exact) mass is 243 g/mol. The van der Waals surface area contributed by atoms with Crippen LogP contribution in [0.15, 0.2) is 29.0 Å². The summed E-state index contributed by atoms with van der Waals surface area (Å²) in [6.45, 7) is 4.86. The molecule has 0 fully saturated rings. The topological polar surface area (TPSA) is 53.1 Å². The fourth-order valence-electron chi connectivity index (χ4n) is 1.88. The van der Waals surface area contributed by atoms with Gasteiger partial charge in [-0.2, -0.15) is 5.26 Å². The lowest BCUT2D eigenvalue weighted by molar-refractivity contribution is 0.477. The zero-order valence-electron chi connectivity index (χ0n) is 10.9. The number of nitrogens with zero attached hydrogens (tertiary/aromatic N) is 3. The largest absolute Gasteiger partial charge is 0.443 e. The second kappa shape index (κ2) is 5.09. The van der Waals surface area contributed by atoms with E-state index in [1.54, 1.807) is 0 Å². The molecule has 1 aromatic carbocycles. The van der Waals surface area contributed by atoms with Crippen molar-refractivity contribution in [3.8, 4) is 6.07 Å². The SMILES string of the molecule is CC(C)C(C#N)CN(C)c1ccc2ncoc2c1. The van der Waals surface area contributed by atoms with Gasteiger partial charge in [-0.25, -0.2) is 4.98 Å². The van der Waals surface area contributed by atoms with Crippen LogP contribution in [-0.4, -0.2) is 18.6 Å².